The van der Waals surface area contributed by atoms with E-state index in [4.69, 9.17) is 25.8 Å². The van der Waals surface area contributed by atoms with Crippen molar-refractivity contribution in [3.63, 3.8) is 0 Å². The van der Waals surface area contributed by atoms with E-state index in [1.807, 2.05) is 0 Å². The molecule has 0 fully saturated rings. The Morgan fingerprint density at radius 2 is 1.86 bits per heavy atom. The third-order valence-electron chi connectivity index (χ3n) is 4.90. The number of halogens is 1. The van der Waals surface area contributed by atoms with Crippen LogP contribution >= 0.6 is 11.6 Å². The number of amides is 2. The maximum atomic E-state index is 12.9. The van der Waals surface area contributed by atoms with Gasteiger partial charge in [-0.05, 0) is 42.0 Å². The summed E-state index contributed by atoms with van der Waals surface area (Å²) in [7, 11) is 1.39. The molecule has 1 aliphatic heterocycles. The zero-order valence-electron chi connectivity index (χ0n) is 18.4. The minimum absolute atomic E-state index is 0.0669. The smallest absolute Gasteiger partial charge is 0.287 e. The summed E-state index contributed by atoms with van der Waals surface area (Å²) >= 11 is 6.02. The molecule has 0 aliphatic carbocycles. The first-order chi connectivity index (χ1) is 16.9. The molecule has 3 aromatic carbocycles. The summed E-state index contributed by atoms with van der Waals surface area (Å²) in [5.41, 5.74) is 3.46. The van der Waals surface area contributed by atoms with Gasteiger partial charge in [0.25, 0.3) is 11.8 Å². The van der Waals surface area contributed by atoms with Crippen LogP contribution in [-0.2, 0) is 4.79 Å². The molecule has 4 rings (SSSR count). The van der Waals surface area contributed by atoms with E-state index in [2.05, 4.69) is 15.8 Å². The monoisotopic (exact) mass is 493 g/mol. The minimum atomic E-state index is -0.698. The maximum Gasteiger partial charge on any atom is 0.287 e. The zero-order valence-corrected chi connectivity index (χ0v) is 19.2. The molecule has 0 saturated carbocycles. The quantitative estimate of drug-likeness (QED) is 0.262. The summed E-state index contributed by atoms with van der Waals surface area (Å²) in [5.74, 6) is -0.100. The fourth-order valence-electron chi connectivity index (χ4n) is 3.18. The van der Waals surface area contributed by atoms with E-state index >= 15 is 0 Å². The van der Waals surface area contributed by atoms with Crippen LogP contribution in [0.15, 0.2) is 71.5 Å². The average Bonchev–Trinajstić information content (AvgIpc) is 3.33. The third-order valence-corrected chi connectivity index (χ3v) is 5.11. The number of carbonyl (C=O) groups is 2. The van der Waals surface area contributed by atoms with Crippen LogP contribution in [0.1, 0.15) is 21.5 Å². The van der Waals surface area contributed by atoms with Gasteiger partial charge in [-0.3, -0.25) is 9.59 Å². The first kappa shape index (κ1) is 23.7. The molecule has 2 amide bonds. The lowest BCUT2D eigenvalue weighted by Gasteiger charge is -2.10. The van der Waals surface area contributed by atoms with Crippen molar-refractivity contribution in [2.75, 3.05) is 13.9 Å². The molecule has 0 spiro atoms. The van der Waals surface area contributed by atoms with Gasteiger partial charge in [0.05, 0.1) is 13.3 Å². The molecule has 0 bridgehead atoms. The number of hydrogen-bond acceptors (Lipinski definition) is 7. The standard InChI is InChI=1S/C25H20ClN3O6/c1-33-22-12-18(26)11-17(23(22)30)13-27-29-25(32)19(28-24(31)16-5-3-2-4-6-16)9-15-7-8-20-21(10-15)35-14-34-20/h2-13,30H,14H2,1H3,(H,28,31)(H,29,32)/b19-9+,27-13-. The fourth-order valence-corrected chi connectivity index (χ4v) is 3.40. The highest BCUT2D eigenvalue weighted by atomic mass is 35.5. The summed E-state index contributed by atoms with van der Waals surface area (Å²) in [6.07, 6.45) is 2.69. The Labute approximate surface area is 205 Å². The molecular formula is C25H20ClN3O6. The number of aromatic hydroxyl groups is 1. The van der Waals surface area contributed by atoms with Crippen molar-refractivity contribution in [1.29, 1.82) is 0 Å². The van der Waals surface area contributed by atoms with Crippen LogP contribution in [-0.4, -0.2) is 37.0 Å². The number of benzene rings is 3. The molecule has 0 unspecified atom stereocenters. The van der Waals surface area contributed by atoms with Crippen molar-refractivity contribution in [1.82, 2.24) is 10.7 Å². The van der Waals surface area contributed by atoms with Crippen molar-refractivity contribution < 1.29 is 28.9 Å². The van der Waals surface area contributed by atoms with Crippen LogP contribution in [0.3, 0.4) is 0 Å². The van der Waals surface area contributed by atoms with Gasteiger partial charge in [-0.15, -0.1) is 0 Å². The Balaban J connectivity index is 1.58. The maximum absolute atomic E-state index is 12.9. The van der Waals surface area contributed by atoms with E-state index in [1.165, 1.54) is 31.5 Å². The van der Waals surface area contributed by atoms with Crippen molar-refractivity contribution >= 4 is 35.7 Å². The minimum Gasteiger partial charge on any atom is -0.504 e. The number of hydrazone groups is 1. The Bertz CT molecular complexity index is 1320. The van der Waals surface area contributed by atoms with E-state index in [1.54, 1.807) is 48.5 Å². The third kappa shape index (κ3) is 5.71. The highest BCUT2D eigenvalue weighted by Crippen LogP contribution is 2.33. The Kier molecular flexibility index (Phi) is 7.18. The number of phenolic OH excluding ortho intramolecular Hbond substituents is 1. The number of nitrogens with one attached hydrogen (secondary N) is 2. The molecule has 35 heavy (non-hydrogen) atoms. The van der Waals surface area contributed by atoms with Gasteiger partial charge in [0.1, 0.15) is 5.70 Å². The summed E-state index contributed by atoms with van der Waals surface area (Å²) in [6.45, 7) is 0.108. The van der Waals surface area contributed by atoms with Crippen molar-refractivity contribution in [3.8, 4) is 23.0 Å². The van der Waals surface area contributed by atoms with Crippen LogP contribution in [0.25, 0.3) is 6.08 Å². The number of fused-ring (bicyclic) bond motifs is 1. The normalized spacial score (nSPS) is 12.5. The topological polar surface area (TPSA) is 118 Å². The molecule has 3 aromatic rings. The molecule has 0 aromatic heterocycles. The second kappa shape index (κ2) is 10.6. The van der Waals surface area contributed by atoms with Crippen LogP contribution in [0.2, 0.25) is 5.02 Å². The number of ether oxygens (including phenoxy) is 3. The fraction of sp³-hybridized carbons (Fsp3) is 0.0800. The molecule has 9 nitrogen and oxygen atoms in total. The van der Waals surface area contributed by atoms with Gasteiger partial charge < -0.3 is 24.6 Å². The lowest BCUT2D eigenvalue weighted by atomic mass is 10.1. The van der Waals surface area contributed by atoms with E-state index in [0.29, 0.717) is 27.6 Å². The first-order valence-electron chi connectivity index (χ1n) is 10.3. The lowest BCUT2D eigenvalue weighted by molar-refractivity contribution is -0.117. The highest BCUT2D eigenvalue weighted by molar-refractivity contribution is 6.31. The number of carbonyl (C=O) groups excluding carboxylic acids is 2. The van der Waals surface area contributed by atoms with Crippen molar-refractivity contribution in [3.05, 3.63) is 88.1 Å². The number of rotatable bonds is 7. The molecule has 178 valence electrons. The van der Waals surface area contributed by atoms with Gasteiger partial charge in [0.2, 0.25) is 6.79 Å². The largest absolute Gasteiger partial charge is 0.504 e. The number of nitrogens with zero attached hydrogens (tertiary/aromatic N) is 1. The Morgan fingerprint density at radius 3 is 2.63 bits per heavy atom. The number of hydrogen-bond donors (Lipinski definition) is 3. The van der Waals surface area contributed by atoms with Crippen LogP contribution in [0.5, 0.6) is 23.0 Å². The summed E-state index contributed by atoms with van der Waals surface area (Å²) in [6, 6.07) is 16.5. The van der Waals surface area contributed by atoms with Gasteiger partial charge in [-0.1, -0.05) is 35.9 Å². The van der Waals surface area contributed by atoms with Gasteiger partial charge in [-0.2, -0.15) is 5.10 Å². The number of methoxy groups -OCH3 is 1. The van der Waals surface area contributed by atoms with Crippen LogP contribution < -0.4 is 25.0 Å². The molecule has 10 heteroatoms. The molecule has 0 radical (unpaired) electrons. The average molecular weight is 494 g/mol. The summed E-state index contributed by atoms with van der Waals surface area (Å²) < 4.78 is 15.7. The summed E-state index contributed by atoms with van der Waals surface area (Å²) in [5, 5.41) is 17.0. The SMILES string of the molecule is COc1cc(Cl)cc(/C=N\NC(=O)/C(=C\c2ccc3c(c2)OCO3)NC(=O)c2ccccc2)c1O. The lowest BCUT2D eigenvalue weighted by Crippen LogP contribution is -2.32. The molecular weight excluding hydrogens is 474 g/mol. The van der Waals surface area contributed by atoms with Gasteiger partial charge in [-0.25, -0.2) is 5.43 Å². The molecule has 0 atom stereocenters. The Morgan fingerprint density at radius 1 is 1.09 bits per heavy atom. The van der Waals surface area contributed by atoms with Gasteiger partial charge in [0.15, 0.2) is 23.0 Å². The predicted molar refractivity (Wildman–Crippen MR) is 130 cm³/mol. The second-order valence-corrected chi connectivity index (χ2v) is 7.67. The van der Waals surface area contributed by atoms with Crippen molar-refractivity contribution in [2.45, 2.75) is 0 Å². The molecule has 1 aliphatic rings. The van der Waals surface area contributed by atoms with Crippen molar-refractivity contribution in [2.24, 2.45) is 5.10 Å². The van der Waals surface area contributed by atoms with Gasteiger partial charge >= 0.3 is 0 Å². The second-order valence-electron chi connectivity index (χ2n) is 7.24. The van der Waals surface area contributed by atoms with E-state index in [0.717, 1.165) is 0 Å². The van der Waals surface area contributed by atoms with E-state index in [-0.39, 0.29) is 29.6 Å². The Hall–Kier alpha value is -4.50. The van der Waals surface area contributed by atoms with Crippen LogP contribution in [0.4, 0.5) is 0 Å². The van der Waals surface area contributed by atoms with E-state index < -0.39 is 11.8 Å². The van der Waals surface area contributed by atoms with E-state index in [9.17, 15) is 14.7 Å². The van der Waals surface area contributed by atoms with Gasteiger partial charge in [0, 0.05) is 22.2 Å². The zero-order chi connectivity index (χ0) is 24.8. The summed E-state index contributed by atoms with van der Waals surface area (Å²) in [4.78, 5) is 25.6. The molecule has 3 N–H and O–H groups in total. The van der Waals surface area contributed by atoms with Crippen LogP contribution in [0, 0.1) is 0 Å². The first-order valence-corrected chi connectivity index (χ1v) is 10.7. The molecule has 1 heterocycles. The highest BCUT2D eigenvalue weighted by Gasteiger charge is 2.17. The molecule has 0 saturated heterocycles. The number of phenols is 1. The predicted octanol–water partition coefficient (Wildman–Crippen LogP) is 3.70.